The molecule has 0 saturated heterocycles. The van der Waals surface area contributed by atoms with Crippen molar-refractivity contribution in [3.63, 3.8) is 0 Å². The molecule has 2 aromatic rings. The van der Waals surface area contributed by atoms with Crippen LogP contribution in [0.5, 0.6) is 0 Å². The molecule has 2 aromatic heterocycles. The average Bonchev–Trinajstić information content (AvgIpc) is 3.29. The quantitative estimate of drug-likeness (QED) is 0.404. The molecule has 138 valence electrons. The highest BCUT2D eigenvalue weighted by atomic mass is 79.9. The first-order valence-electron chi connectivity index (χ1n) is 8.92. The van der Waals surface area contributed by atoms with Gasteiger partial charge in [0.15, 0.2) is 0 Å². The first-order valence-corrected chi connectivity index (χ1v) is 11.3. The van der Waals surface area contributed by atoms with E-state index in [0.717, 1.165) is 16.2 Å². The van der Waals surface area contributed by atoms with E-state index < -0.39 is 0 Å². The summed E-state index contributed by atoms with van der Waals surface area (Å²) in [7, 11) is 0. The first-order chi connectivity index (χ1) is 12.5. The second kappa shape index (κ2) is 8.72. The van der Waals surface area contributed by atoms with Crippen LogP contribution in [-0.2, 0) is 6.42 Å². The number of allylic oxidation sites excluding steroid dienone is 2. The summed E-state index contributed by atoms with van der Waals surface area (Å²) in [6.45, 7) is 2.23. The molecule has 3 rings (SSSR count). The molecule has 1 aliphatic rings. The lowest BCUT2D eigenvalue weighted by molar-refractivity contribution is 0.576. The zero-order valence-corrected chi connectivity index (χ0v) is 17.9. The van der Waals surface area contributed by atoms with Gasteiger partial charge in [0.1, 0.15) is 5.83 Å². The number of halogens is 2. The Kier molecular flexibility index (Phi) is 6.59. The monoisotopic (exact) mass is 452 g/mol. The standard InChI is InChI=1S/C20H22BrFN2S2/c1-2-3-4-5-6-12-7-8-16(25-12)17-10-9-15(26-17)13-11-14(22)18(21)20(24)19(13)23/h7-10,13,23-24H,2-6,11H2,1H3. The maximum Gasteiger partial charge on any atom is 0.117 e. The van der Waals surface area contributed by atoms with E-state index in [9.17, 15) is 4.39 Å². The number of hydrogen-bond acceptors (Lipinski definition) is 4. The van der Waals surface area contributed by atoms with Crippen molar-refractivity contribution in [3.8, 4) is 9.75 Å². The van der Waals surface area contributed by atoms with Crippen LogP contribution in [0.1, 0.15) is 54.7 Å². The van der Waals surface area contributed by atoms with E-state index in [1.807, 2.05) is 17.4 Å². The molecule has 2 N–H and O–H groups in total. The Morgan fingerprint density at radius 3 is 2.58 bits per heavy atom. The normalized spacial score (nSPS) is 18.0. The van der Waals surface area contributed by atoms with Crippen molar-refractivity contribution in [2.24, 2.45) is 0 Å². The molecule has 0 amide bonds. The zero-order valence-electron chi connectivity index (χ0n) is 14.7. The lowest BCUT2D eigenvalue weighted by Crippen LogP contribution is -2.25. The molecule has 0 fully saturated rings. The molecule has 2 heterocycles. The molecule has 0 aliphatic heterocycles. The maximum absolute atomic E-state index is 14.0. The number of thiophene rings is 2. The second-order valence-electron chi connectivity index (χ2n) is 6.54. The molecule has 0 spiro atoms. The lowest BCUT2D eigenvalue weighted by atomic mass is 9.89. The van der Waals surface area contributed by atoms with Crippen molar-refractivity contribution in [1.29, 1.82) is 10.8 Å². The van der Waals surface area contributed by atoms with Gasteiger partial charge in [0, 0.05) is 31.8 Å². The Bertz CT molecular complexity index is 850. The van der Waals surface area contributed by atoms with Crippen LogP contribution < -0.4 is 0 Å². The molecular weight excluding hydrogens is 431 g/mol. The maximum atomic E-state index is 14.0. The molecule has 6 heteroatoms. The van der Waals surface area contributed by atoms with E-state index in [1.165, 1.54) is 35.4 Å². The Morgan fingerprint density at radius 2 is 1.81 bits per heavy atom. The molecule has 1 unspecified atom stereocenters. The SMILES string of the molecule is CCCCCCc1ccc(-c2ccc(C3CC(F)=C(Br)C(=N)C3=N)s2)s1. The third-order valence-corrected chi connectivity index (χ3v) is 7.98. The largest absolute Gasteiger partial charge is 0.302 e. The van der Waals surface area contributed by atoms with Crippen LogP contribution in [0, 0.1) is 10.8 Å². The van der Waals surface area contributed by atoms with E-state index in [4.69, 9.17) is 10.8 Å². The first kappa shape index (κ1) is 19.6. The molecule has 0 aromatic carbocycles. The summed E-state index contributed by atoms with van der Waals surface area (Å²) in [6, 6.07) is 8.43. The summed E-state index contributed by atoms with van der Waals surface area (Å²) in [6.07, 6.45) is 6.39. The van der Waals surface area contributed by atoms with Crippen LogP contribution in [0.4, 0.5) is 4.39 Å². The van der Waals surface area contributed by atoms with Gasteiger partial charge in [-0.05, 0) is 53.0 Å². The van der Waals surface area contributed by atoms with Crippen LogP contribution in [0.2, 0.25) is 0 Å². The van der Waals surface area contributed by atoms with Gasteiger partial charge in [-0.2, -0.15) is 0 Å². The second-order valence-corrected chi connectivity index (χ2v) is 9.62. The summed E-state index contributed by atoms with van der Waals surface area (Å²) >= 11 is 6.52. The van der Waals surface area contributed by atoms with Crippen LogP contribution in [0.25, 0.3) is 9.75 Å². The Morgan fingerprint density at radius 1 is 1.08 bits per heavy atom. The van der Waals surface area contributed by atoms with Crippen LogP contribution in [0.3, 0.4) is 0 Å². The summed E-state index contributed by atoms with van der Waals surface area (Å²) in [4.78, 5) is 4.78. The number of unbranched alkanes of at least 4 members (excludes halogenated alkanes) is 3. The smallest absolute Gasteiger partial charge is 0.117 e. The van der Waals surface area contributed by atoms with Crippen LogP contribution >= 0.6 is 38.6 Å². The van der Waals surface area contributed by atoms with Gasteiger partial charge in [-0.3, -0.25) is 5.41 Å². The van der Waals surface area contributed by atoms with Gasteiger partial charge in [0.25, 0.3) is 0 Å². The Labute approximate surface area is 170 Å². The lowest BCUT2D eigenvalue weighted by Gasteiger charge is -2.22. The van der Waals surface area contributed by atoms with E-state index in [0.29, 0.717) is 0 Å². The summed E-state index contributed by atoms with van der Waals surface area (Å²) in [5.74, 6) is -0.688. The zero-order chi connectivity index (χ0) is 18.7. The predicted molar refractivity (Wildman–Crippen MR) is 115 cm³/mol. The van der Waals surface area contributed by atoms with Gasteiger partial charge in [0.2, 0.25) is 0 Å². The number of aryl methyl sites for hydroxylation is 1. The van der Waals surface area contributed by atoms with Crippen molar-refractivity contribution >= 4 is 50.0 Å². The third-order valence-electron chi connectivity index (χ3n) is 4.61. The Balaban J connectivity index is 1.72. The van der Waals surface area contributed by atoms with Gasteiger partial charge in [-0.25, -0.2) is 4.39 Å². The molecule has 0 saturated carbocycles. The van der Waals surface area contributed by atoms with Crippen molar-refractivity contribution < 1.29 is 4.39 Å². The number of nitrogens with one attached hydrogen (secondary N) is 2. The van der Waals surface area contributed by atoms with Gasteiger partial charge in [-0.1, -0.05) is 26.2 Å². The predicted octanol–water partition coefficient (Wildman–Crippen LogP) is 7.70. The fourth-order valence-corrected chi connectivity index (χ4v) is 5.72. The van der Waals surface area contributed by atoms with Crippen molar-refractivity contribution in [2.75, 3.05) is 0 Å². The van der Waals surface area contributed by atoms with Gasteiger partial charge in [-0.15, -0.1) is 22.7 Å². The fraction of sp³-hybridized carbons (Fsp3) is 0.400. The molecule has 1 aliphatic carbocycles. The molecule has 26 heavy (non-hydrogen) atoms. The van der Waals surface area contributed by atoms with E-state index in [-0.39, 0.29) is 34.1 Å². The molecular formula is C20H22BrFN2S2. The van der Waals surface area contributed by atoms with E-state index >= 15 is 0 Å². The minimum atomic E-state index is -0.351. The molecule has 1 atom stereocenters. The summed E-state index contributed by atoms with van der Waals surface area (Å²) in [5, 5.41) is 16.1. The fourth-order valence-electron chi connectivity index (χ4n) is 3.09. The van der Waals surface area contributed by atoms with Crippen molar-refractivity contribution in [1.82, 2.24) is 0 Å². The summed E-state index contributed by atoms with van der Waals surface area (Å²) in [5.41, 5.74) is 0.147. The molecule has 2 nitrogen and oxygen atoms in total. The van der Waals surface area contributed by atoms with Crippen LogP contribution in [-0.4, -0.2) is 11.4 Å². The van der Waals surface area contributed by atoms with Gasteiger partial charge in [0.05, 0.1) is 15.9 Å². The highest BCUT2D eigenvalue weighted by Gasteiger charge is 2.31. The van der Waals surface area contributed by atoms with E-state index in [1.54, 1.807) is 11.3 Å². The van der Waals surface area contributed by atoms with Crippen molar-refractivity contribution in [3.05, 3.63) is 44.3 Å². The number of hydrogen-bond donors (Lipinski definition) is 2. The average molecular weight is 453 g/mol. The molecule has 0 radical (unpaired) electrons. The minimum Gasteiger partial charge on any atom is -0.302 e. The summed E-state index contributed by atoms with van der Waals surface area (Å²) < 4.78 is 14.2. The van der Waals surface area contributed by atoms with E-state index in [2.05, 4.69) is 41.1 Å². The highest BCUT2D eigenvalue weighted by Crippen LogP contribution is 2.41. The Hall–Kier alpha value is -1.11. The van der Waals surface area contributed by atoms with Crippen LogP contribution in [0.15, 0.2) is 34.6 Å². The highest BCUT2D eigenvalue weighted by molar-refractivity contribution is 9.12. The topological polar surface area (TPSA) is 47.7 Å². The van der Waals surface area contributed by atoms with Gasteiger partial charge < -0.3 is 5.41 Å². The van der Waals surface area contributed by atoms with Gasteiger partial charge >= 0.3 is 0 Å². The molecule has 0 bridgehead atoms. The van der Waals surface area contributed by atoms with Crippen molar-refractivity contribution in [2.45, 2.75) is 51.4 Å². The number of rotatable bonds is 7. The minimum absolute atomic E-state index is 0.0424. The third kappa shape index (κ3) is 4.24.